The first-order valence-electron chi connectivity index (χ1n) is 5.26. The van der Waals surface area contributed by atoms with Crippen LogP contribution in [0, 0.1) is 11.3 Å². The van der Waals surface area contributed by atoms with Crippen molar-refractivity contribution in [2.45, 2.75) is 6.10 Å². The Morgan fingerprint density at radius 1 is 1.44 bits per heavy atom. The number of benzene rings is 1. The van der Waals surface area contributed by atoms with E-state index < -0.39 is 0 Å². The van der Waals surface area contributed by atoms with Gasteiger partial charge in [0.25, 0.3) is 0 Å². The van der Waals surface area contributed by atoms with Gasteiger partial charge < -0.3 is 4.74 Å². The number of rotatable bonds is 2. The van der Waals surface area contributed by atoms with Gasteiger partial charge in [0.2, 0.25) is 0 Å². The zero-order valence-corrected chi connectivity index (χ0v) is 9.65. The van der Waals surface area contributed by atoms with Crippen molar-refractivity contribution < 1.29 is 4.74 Å². The van der Waals surface area contributed by atoms with Crippen molar-refractivity contribution in [1.82, 2.24) is 4.90 Å². The van der Waals surface area contributed by atoms with Crippen molar-refractivity contribution in [3.05, 3.63) is 34.9 Å². The van der Waals surface area contributed by atoms with E-state index in [9.17, 15) is 0 Å². The molecule has 0 saturated carbocycles. The Balaban J connectivity index is 2.04. The lowest BCUT2D eigenvalue weighted by Gasteiger charge is -2.31. The van der Waals surface area contributed by atoms with E-state index in [1.165, 1.54) is 0 Å². The van der Waals surface area contributed by atoms with Crippen LogP contribution in [0.2, 0.25) is 5.02 Å². The summed E-state index contributed by atoms with van der Waals surface area (Å²) in [5.74, 6) is 0. The molecule has 1 saturated heterocycles. The molecule has 0 radical (unpaired) electrons. The van der Waals surface area contributed by atoms with Gasteiger partial charge in [-0.25, -0.2) is 0 Å². The molecule has 0 aliphatic carbocycles. The largest absolute Gasteiger partial charge is 0.371 e. The van der Waals surface area contributed by atoms with E-state index >= 15 is 0 Å². The summed E-state index contributed by atoms with van der Waals surface area (Å²) in [7, 11) is 0. The van der Waals surface area contributed by atoms with Crippen LogP contribution >= 0.6 is 11.6 Å². The van der Waals surface area contributed by atoms with Crippen LogP contribution in [0.5, 0.6) is 0 Å². The first kappa shape index (κ1) is 11.4. The zero-order valence-electron chi connectivity index (χ0n) is 8.90. The van der Waals surface area contributed by atoms with Crippen LogP contribution in [0.15, 0.2) is 24.3 Å². The Morgan fingerprint density at radius 2 is 2.19 bits per heavy atom. The van der Waals surface area contributed by atoms with Crippen LogP contribution in [0.1, 0.15) is 11.7 Å². The molecular weight excluding hydrogens is 224 g/mol. The third-order valence-electron chi connectivity index (χ3n) is 2.69. The molecule has 3 nitrogen and oxygen atoms in total. The van der Waals surface area contributed by atoms with Crippen molar-refractivity contribution >= 4 is 11.6 Å². The van der Waals surface area contributed by atoms with Crippen LogP contribution in [0.3, 0.4) is 0 Å². The molecule has 1 aliphatic rings. The van der Waals surface area contributed by atoms with Crippen LogP contribution in [0.4, 0.5) is 0 Å². The molecule has 0 N–H and O–H groups in total. The molecule has 1 heterocycles. The molecule has 1 aliphatic heterocycles. The second-order valence-corrected chi connectivity index (χ2v) is 4.24. The highest BCUT2D eigenvalue weighted by Gasteiger charge is 2.21. The lowest BCUT2D eigenvalue weighted by atomic mass is 10.1. The minimum Gasteiger partial charge on any atom is -0.371 e. The molecule has 0 aromatic heterocycles. The van der Waals surface area contributed by atoms with Crippen molar-refractivity contribution in [3.63, 3.8) is 0 Å². The number of morpholine rings is 1. The lowest BCUT2D eigenvalue weighted by molar-refractivity contribution is -0.0255. The minimum atomic E-state index is 0.0550. The fraction of sp³-hybridized carbons (Fsp3) is 0.417. The SMILES string of the molecule is N#CCN1CCOC(c2ccc(Cl)cc2)C1. The van der Waals surface area contributed by atoms with Gasteiger partial charge in [0.15, 0.2) is 0 Å². The standard InChI is InChI=1S/C12H13ClN2O/c13-11-3-1-10(2-4-11)12-9-15(6-5-14)7-8-16-12/h1-4,12H,6-9H2. The monoisotopic (exact) mass is 236 g/mol. The summed E-state index contributed by atoms with van der Waals surface area (Å²) < 4.78 is 5.69. The van der Waals surface area contributed by atoms with Crippen molar-refractivity contribution in [2.75, 3.05) is 26.2 Å². The second-order valence-electron chi connectivity index (χ2n) is 3.80. The van der Waals surface area contributed by atoms with Crippen LogP contribution in [-0.4, -0.2) is 31.1 Å². The number of hydrogen-bond acceptors (Lipinski definition) is 3. The molecule has 0 spiro atoms. The van der Waals surface area contributed by atoms with Crippen molar-refractivity contribution in [3.8, 4) is 6.07 Å². The van der Waals surface area contributed by atoms with Gasteiger partial charge in [-0.3, -0.25) is 4.90 Å². The highest BCUT2D eigenvalue weighted by Crippen LogP contribution is 2.23. The average molecular weight is 237 g/mol. The molecule has 1 aromatic rings. The maximum atomic E-state index is 8.66. The Labute approximate surface area is 100 Å². The van der Waals surface area contributed by atoms with Crippen molar-refractivity contribution in [1.29, 1.82) is 5.26 Å². The summed E-state index contributed by atoms with van der Waals surface area (Å²) in [5.41, 5.74) is 1.12. The molecular formula is C12H13ClN2O. The third-order valence-corrected chi connectivity index (χ3v) is 2.94. The fourth-order valence-electron chi connectivity index (χ4n) is 1.83. The quantitative estimate of drug-likeness (QED) is 0.739. The van der Waals surface area contributed by atoms with Gasteiger partial charge in [0.05, 0.1) is 25.3 Å². The van der Waals surface area contributed by atoms with Gasteiger partial charge in [-0.1, -0.05) is 23.7 Å². The Bertz CT molecular complexity index is 385. The van der Waals surface area contributed by atoms with Gasteiger partial charge in [-0.15, -0.1) is 0 Å². The number of nitriles is 1. The van der Waals surface area contributed by atoms with E-state index in [4.69, 9.17) is 21.6 Å². The topological polar surface area (TPSA) is 36.3 Å². The molecule has 16 heavy (non-hydrogen) atoms. The first-order valence-corrected chi connectivity index (χ1v) is 5.64. The summed E-state index contributed by atoms with van der Waals surface area (Å²) in [6, 6.07) is 9.85. The predicted octanol–water partition coefficient (Wildman–Crippen LogP) is 2.24. The smallest absolute Gasteiger partial charge is 0.0952 e. The van der Waals surface area contributed by atoms with E-state index in [1.807, 2.05) is 24.3 Å². The van der Waals surface area contributed by atoms with Crippen molar-refractivity contribution in [2.24, 2.45) is 0 Å². The molecule has 1 aromatic carbocycles. The summed E-state index contributed by atoms with van der Waals surface area (Å²) in [4.78, 5) is 2.10. The number of halogens is 1. The second kappa shape index (κ2) is 5.31. The molecule has 4 heteroatoms. The molecule has 1 atom stereocenters. The minimum absolute atomic E-state index is 0.0550. The Morgan fingerprint density at radius 3 is 2.88 bits per heavy atom. The highest BCUT2D eigenvalue weighted by atomic mass is 35.5. The van der Waals surface area contributed by atoms with Gasteiger partial charge in [-0.2, -0.15) is 5.26 Å². The summed E-state index contributed by atoms with van der Waals surface area (Å²) in [6.45, 7) is 2.75. The van der Waals surface area contributed by atoms with Gasteiger partial charge >= 0.3 is 0 Å². The third kappa shape index (κ3) is 2.73. The number of nitrogens with zero attached hydrogens (tertiary/aromatic N) is 2. The van der Waals surface area contributed by atoms with Gasteiger partial charge in [0.1, 0.15) is 0 Å². The fourth-order valence-corrected chi connectivity index (χ4v) is 1.95. The van der Waals surface area contributed by atoms with Crippen LogP contribution < -0.4 is 0 Å². The normalized spacial score (nSPS) is 21.6. The van der Waals surface area contributed by atoms with Crippen LogP contribution in [0.25, 0.3) is 0 Å². The molecule has 0 bridgehead atoms. The van der Waals surface area contributed by atoms with Gasteiger partial charge in [0, 0.05) is 18.1 Å². The highest BCUT2D eigenvalue weighted by molar-refractivity contribution is 6.30. The van der Waals surface area contributed by atoms with Gasteiger partial charge in [-0.05, 0) is 17.7 Å². The first-order chi connectivity index (χ1) is 7.79. The van der Waals surface area contributed by atoms with Crippen LogP contribution in [-0.2, 0) is 4.74 Å². The number of hydrogen-bond donors (Lipinski definition) is 0. The van der Waals surface area contributed by atoms with E-state index in [0.29, 0.717) is 13.2 Å². The molecule has 84 valence electrons. The van der Waals surface area contributed by atoms with E-state index in [2.05, 4.69) is 11.0 Å². The Kier molecular flexibility index (Phi) is 3.79. The molecule has 2 rings (SSSR count). The maximum Gasteiger partial charge on any atom is 0.0952 e. The average Bonchev–Trinajstić information content (AvgIpc) is 2.31. The summed E-state index contributed by atoms with van der Waals surface area (Å²) in [5, 5.41) is 9.39. The van der Waals surface area contributed by atoms with E-state index in [0.717, 1.165) is 23.7 Å². The molecule has 1 fully saturated rings. The molecule has 1 unspecified atom stereocenters. The maximum absolute atomic E-state index is 8.66. The predicted molar refractivity (Wildman–Crippen MR) is 62.2 cm³/mol. The Hall–Kier alpha value is -1.08. The number of ether oxygens (including phenoxy) is 1. The molecule has 0 amide bonds. The zero-order chi connectivity index (χ0) is 11.4. The van der Waals surface area contributed by atoms with E-state index in [-0.39, 0.29) is 6.10 Å². The lowest BCUT2D eigenvalue weighted by Crippen LogP contribution is -2.38. The summed E-state index contributed by atoms with van der Waals surface area (Å²) in [6.07, 6.45) is 0.0550. The van der Waals surface area contributed by atoms with E-state index in [1.54, 1.807) is 0 Å². The summed E-state index contributed by atoms with van der Waals surface area (Å²) >= 11 is 5.83.